The van der Waals surface area contributed by atoms with E-state index in [1.54, 1.807) is 60.7 Å². The van der Waals surface area contributed by atoms with Crippen LogP contribution in [0.5, 0.6) is 11.5 Å². The second-order valence-electron chi connectivity index (χ2n) is 7.94. The van der Waals surface area contributed by atoms with Crippen LogP contribution in [0.1, 0.15) is 33.1 Å². The van der Waals surface area contributed by atoms with Crippen LogP contribution in [0.15, 0.2) is 78.4 Å². The Morgan fingerprint density at radius 2 is 1.49 bits per heavy atom. The predicted octanol–water partition coefficient (Wildman–Crippen LogP) is 3.81. The summed E-state index contributed by atoms with van der Waals surface area (Å²) in [6.07, 6.45) is 0. The van der Waals surface area contributed by atoms with Gasteiger partial charge >= 0.3 is 5.97 Å². The number of ether oxygens (including phenoxy) is 2. The Morgan fingerprint density at radius 1 is 0.886 bits per heavy atom. The van der Waals surface area contributed by atoms with E-state index in [1.165, 1.54) is 31.3 Å². The molecule has 8 nitrogen and oxygen atoms in total. The van der Waals surface area contributed by atoms with Crippen LogP contribution in [-0.2, 0) is 20.9 Å². The van der Waals surface area contributed by atoms with E-state index in [1.807, 2.05) is 0 Å². The van der Waals surface area contributed by atoms with Gasteiger partial charge in [0, 0.05) is 12.1 Å². The highest BCUT2D eigenvalue weighted by Gasteiger charge is 2.46. The number of nitrogens with zero attached hydrogens (tertiary/aromatic N) is 1. The Morgan fingerprint density at radius 3 is 2.06 bits per heavy atom. The Bertz CT molecular complexity index is 1290. The molecule has 1 aliphatic heterocycles. The third kappa shape index (κ3) is 4.59. The number of Topliss-reactive ketones (excluding diaryl/α,β-unsaturated/α-hetero) is 1. The van der Waals surface area contributed by atoms with Crippen molar-refractivity contribution in [2.45, 2.75) is 12.6 Å². The molecule has 35 heavy (non-hydrogen) atoms. The minimum atomic E-state index is -0.891. The lowest BCUT2D eigenvalue weighted by atomic mass is 9.95. The maximum Gasteiger partial charge on any atom is 0.337 e. The normalized spacial score (nSPS) is 16.9. The van der Waals surface area contributed by atoms with E-state index >= 15 is 0 Å². The van der Waals surface area contributed by atoms with E-state index in [9.17, 15) is 24.6 Å². The molecule has 8 heteroatoms. The van der Waals surface area contributed by atoms with Gasteiger partial charge in [-0.25, -0.2) is 4.79 Å². The molecule has 0 spiro atoms. The maximum atomic E-state index is 13.1. The van der Waals surface area contributed by atoms with Gasteiger partial charge in [0.25, 0.3) is 11.7 Å². The molecule has 0 aromatic heterocycles. The van der Waals surface area contributed by atoms with Gasteiger partial charge in [0.15, 0.2) is 0 Å². The van der Waals surface area contributed by atoms with Crippen LogP contribution in [0.25, 0.3) is 5.76 Å². The number of phenols is 1. The lowest BCUT2D eigenvalue weighted by Gasteiger charge is -2.25. The topological polar surface area (TPSA) is 113 Å². The molecule has 0 saturated carbocycles. The van der Waals surface area contributed by atoms with Crippen molar-refractivity contribution in [3.63, 3.8) is 0 Å². The van der Waals surface area contributed by atoms with Crippen LogP contribution in [-0.4, -0.2) is 47.0 Å². The van der Waals surface area contributed by atoms with Crippen LogP contribution >= 0.6 is 0 Å². The first-order valence-electron chi connectivity index (χ1n) is 10.7. The first-order valence-corrected chi connectivity index (χ1v) is 10.7. The number of ketones is 1. The fourth-order valence-electron chi connectivity index (χ4n) is 4.01. The van der Waals surface area contributed by atoms with Crippen LogP contribution in [0.2, 0.25) is 0 Å². The van der Waals surface area contributed by atoms with Crippen molar-refractivity contribution in [3.05, 3.63) is 101 Å². The third-order valence-corrected chi connectivity index (χ3v) is 5.84. The number of phenolic OH excluding ortho intramolecular Hbond substituents is 1. The summed E-state index contributed by atoms with van der Waals surface area (Å²) in [5.41, 5.74) is 1.87. The van der Waals surface area contributed by atoms with Gasteiger partial charge in [0.05, 0.1) is 31.4 Å². The highest BCUT2D eigenvalue weighted by molar-refractivity contribution is 6.46. The SMILES string of the molecule is COC(=O)c1ccc(CN2C(=O)C(=O)/C(=C(/O)c3ccc(OC)cc3)C2c2ccc(O)cc2)cc1. The molecule has 1 fully saturated rings. The number of hydrogen-bond acceptors (Lipinski definition) is 7. The highest BCUT2D eigenvalue weighted by atomic mass is 16.5. The molecule has 4 rings (SSSR count). The van der Waals surface area contributed by atoms with Crippen LogP contribution in [0.3, 0.4) is 0 Å². The zero-order valence-electron chi connectivity index (χ0n) is 19.1. The van der Waals surface area contributed by atoms with Crippen molar-refractivity contribution in [1.29, 1.82) is 0 Å². The number of hydrogen-bond donors (Lipinski definition) is 2. The fraction of sp³-hybridized carbons (Fsp3) is 0.148. The second-order valence-corrected chi connectivity index (χ2v) is 7.94. The summed E-state index contributed by atoms with van der Waals surface area (Å²) in [5, 5.41) is 20.8. The van der Waals surface area contributed by atoms with Crippen molar-refractivity contribution in [2.24, 2.45) is 0 Å². The molecule has 1 unspecified atom stereocenters. The van der Waals surface area contributed by atoms with Gasteiger partial charge in [-0.2, -0.15) is 0 Å². The maximum absolute atomic E-state index is 13.1. The summed E-state index contributed by atoms with van der Waals surface area (Å²) in [6.45, 7) is 0.0525. The molecule has 1 saturated heterocycles. The van der Waals surface area contributed by atoms with Crippen LogP contribution in [0.4, 0.5) is 0 Å². The molecular formula is C27H23NO7. The molecule has 2 N–H and O–H groups in total. The van der Waals surface area contributed by atoms with E-state index in [0.717, 1.165) is 0 Å². The lowest BCUT2D eigenvalue weighted by molar-refractivity contribution is -0.140. The number of carbonyl (C=O) groups excluding carboxylic acids is 3. The molecule has 1 amide bonds. The van der Waals surface area contributed by atoms with Gasteiger partial charge in [0.1, 0.15) is 17.3 Å². The first-order chi connectivity index (χ1) is 16.8. The summed E-state index contributed by atoms with van der Waals surface area (Å²) >= 11 is 0. The molecule has 178 valence electrons. The number of aliphatic hydroxyl groups is 1. The molecule has 0 aliphatic carbocycles. The molecule has 1 heterocycles. The number of aliphatic hydroxyl groups excluding tert-OH is 1. The average molecular weight is 473 g/mol. The van der Waals surface area contributed by atoms with Gasteiger partial charge < -0.3 is 24.6 Å². The standard InChI is InChI=1S/C27H23NO7/c1-34-21-13-9-18(10-14-21)24(30)22-23(17-7-11-20(29)12-8-17)28(26(32)25(22)31)15-16-3-5-19(6-4-16)27(33)35-2/h3-14,23,29-30H,15H2,1-2H3/b24-22+. The Balaban J connectivity index is 1.78. The molecule has 0 radical (unpaired) electrons. The van der Waals surface area contributed by atoms with Gasteiger partial charge in [-0.1, -0.05) is 24.3 Å². The van der Waals surface area contributed by atoms with Crippen molar-refractivity contribution < 1.29 is 34.1 Å². The predicted molar refractivity (Wildman–Crippen MR) is 127 cm³/mol. The number of esters is 1. The lowest BCUT2D eigenvalue weighted by Crippen LogP contribution is -2.29. The summed E-state index contributed by atoms with van der Waals surface area (Å²) < 4.78 is 9.86. The monoisotopic (exact) mass is 473 g/mol. The van der Waals surface area contributed by atoms with Crippen molar-refractivity contribution in [3.8, 4) is 11.5 Å². The first kappa shape index (κ1) is 23.6. The van der Waals surface area contributed by atoms with Crippen molar-refractivity contribution in [2.75, 3.05) is 14.2 Å². The third-order valence-electron chi connectivity index (χ3n) is 5.84. The summed E-state index contributed by atoms with van der Waals surface area (Å²) in [6, 6.07) is 18.2. The second kappa shape index (κ2) is 9.72. The molecular weight excluding hydrogens is 450 g/mol. The van der Waals surface area contributed by atoms with E-state index < -0.39 is 23.7 Å². The Hall–Kier alpha value is -4.59. The van der Waals surface area contributed by atoms with E-state index in [2.05, 4.69) is 0 Å². The van der Waals surface area contributed by atoms with E-state index in [-0.39, 0.29) is 23.6 Å². The number of carbonyl (C=O) groups is 3. The number of likely N-dealkylation sites (tertiary alicyclic amines) is 1. The molecule has 3 aromatic carbocycles. The number of aromatic hydroxyl groups is 1. The van der Waals surface area contributed by atoms with Gasteiger partial charge in [-0.05, 0) is 59.7 Å². The number of benzene rings is 3. The highest BCUT2D eigenvalue weighted by Crippen LogP contribution is 2.40. The zero-order valence-corrected chi connectivity index (χ0v) is 19.1. The summed E-state index contributed by atoms with van der Waals surface area (Å²) in [5.74, 6) is -1.78. The van der Waals surface area contributed by atoms with Crippen molar-refractivity contribution >= 4 is 23.4 Å². The zero-order chi connectivity index (χ0) is 25.1. The van der Waals surface area contributed by atoms with Crippen molar-refractivity contribution in [1.82, 2.24) is 4.90 Å². The number of rotatable bonds is 6. The summed E-state index contributed by atoms with van der Waals surface area (Å²) in [7, 11) is 2.80. The van der Waals surface area contributed by atoms with Gasteiger partial charge in [-0.3, -0.25) is 9.59 Å². The minimum Gasteiger partial charge on any atom is -0.508 e. The Labute approximate surface area is 201 Å². The summed E-state index contributed by atoms with van der Waals surface area (Å²) in [4.78, 5) is 39.3. The molecule has 0 bridgehead atoms. The van der Waals surface area contributed by atoms with Crippen LogP contribution < -0.4 is 4.74 Å². The largest absolute Gasteiger partial charge is 0.508 e. The minimum absolute atomic E-state index is 0.0271. The van der Waals surface area contributed by atoms with E-state index in [0.29, 0.717) is 28.0 Å². The molecule has 3 aromatic rings. The van der Waals surface area contributed by atoms with E-state index in [4.69, 9.17) is 9.47 Å². The van der Waals surface area contributed by atoms with Gasteiger partial charge in [0.2, 0.25) is 0 Å². The Kier molecular flexibility index (Phi) is 6.55. The fourth-order valence-corrected chi connectivity index (χ4v) is 4.01. The average Bonchev–Trinajstić information content (AvgIpc) is 3.13. The van der Waals surface area contributed by atoms with Gasteiger partial charge in [-0.15, -0.1) is 0 Å². The quantitative estimate of drug-likeness (QED) is 0.242. The number of methoxy groups -OCH3 is 2. The molecule has 1 aliphatic rings. The van der Waals surface area contributed by atoms with Crippen LogP contribution in [0, 0.1) is 0 Å². The number of amides is 1. The molecule has 1 atom stereocenters. The smallest absolute Gasteiger partial charge is 0.337 e.